The van der Waals surface area contributed by atoms with E-state index < -0.39 is 0 Å². The molecule has 0 aliphatic rings. The van der Waals surface area contributed by atoms with Gasteiger partial charge in [-0.3, -0.25) is 9.97 Å². The first-order valence-corrected chi connectivity index (χ1v) is 7.59. The zero-order valence-corrected chi connectivity index (χ0v) is 15.6. The van der Waals surface area contributed by atoms with Gasteiger partial charge in [-0.05, 0) is 23.6 Å². The van der Waals surface area contributed by atoms with E-state index >= 15 is 0 Å². The number of pyridine rings is 2. The van der Waals surface area contributed by atoms with Crippen LogP contribution in [0.25, 0.3) is 10.8 Å². The lowest BCUT2D eigenvalue weighted by Gasteiger charge is -2.06. The molecule has 0 spiro atoms. The summed E-state index contributed by atoms with van der Waals surface area (Å²) < 4.78 is 0. The fourth-order valence-electron chi connectivity index (χ4n) is 2.39. The lowest BCUT2D eigenvalue weighted by Crippen LogP contribution is -2.33. The Bertz CT molecular complexity index is 799. The van der Waals surface area contributed by atoms with E-state index in [9.17, 15) is 0 Å². The molecule has 0 aliphatic heterocycles. The van der Waals surface area contributed by atoms with E-state index in [-0.39, 0.29) is 24.0 Å². The van der Waals surface area contributed by atoms with Crippen LogP contribution < -0.4 is 11.1 Å². The highest BCUT2D eigenvalue weighted by molar-refractivity contribution is 14.0. The zero-order chi connectivity index (χ0) is 15.9. The Morgan fingerprint density at radius 2 is 1.83 bits per heavy atom. The molecule has 0 saturated carbocycles. The van der Waals surface area contributed by atoms with Gasteiger partial charge in [-0.2, -0.15) is 0 Å². The van der Waals surface area contributed by atoms with Crippen molar-refractivity contribution in [2.45, 2.75) is 13.0 Å². The van der Waals surface area contributed by atoms with E-state index in [0.29, 0.717) is 19.0 Å². The fourth-order valence-corrected chi connectivity index (χ4v) is 2.39. The number of nitrogens with zero attached hydrogens (tertiary/aromatic N) is 3. The van der Waals surface area contributed by atoms with Crippen molar-refractivity contribution in [1.29, 1.82) is 0 Å². The minimum absolute atomic E-state index is 0. The molecule has 3 N–H and O–H groups in total. The summed E-state index contributed by atoms with van der Waals surface area (Å²) in [6.07, 6.45) is 4.40. The summed E-state index contributed by atoms with van der Waals surface area (Å²) in [5.41, 5.74) is 7.88. The molecule has 24 heavy (non-hydrogen) atoms. The standard InChI is InChI=1S/C18H19N5.HI/c19-18(22-12-9-15-6-3-4-10-20-15)23-13-17-16-7-2-1-5-14(16)8-11-21-17;/h1-8,10-11H,9,12-13H2,(H3,19,22,23);1H. The molecule has 0 fully saturated rings. The van der Waals surface area contributed by atoms with Gasteiger partial charge in [0.05, 0.1) is 12.2 Å². The van der Waals surface area contributed by atoms with Crippen molar-refractivity contribution in [3.8, 4) is 0 Å². The highest BCUT2D eigenvalue weighted by Gasteiger charge is 2.01. The molecule has 1 aromatic carbocycles. The van der Waals surface area contributed by atoms with E-state index in [4.69, 9.17) is 5.73 Å². The van der Waals surface area contributed by atoms with Crippen molar-refractivity contribution in [3.05, 3.63) is 72.3 Å². The first kappa shape index (κ1) is 18.1. The summed E-state index contributed by atoms with van der Waals surface area (Å²) >= 11 is 0. The summed E-state index contributed by atoms with van der Waals surface area (Å²) in [5, 5.41) is 5.38. The summed E-state index contributed by atoms with van der Waals surface area (Å²) in [5.74, 6) is 0.427. The van der Waals surface area contributed by atoms with Crippen LogP contribution in [-0.2, 0) is 13.0 Å². The SMILES string of the molecule is I.NC(=NCc1nccc2ccccc12)NCCc1ccccn1. The molecule has 0 aliphatic carbocycles. The monoisotopic (exact) mass is 433 g/mol. The summed E-state index contributed by atoms with van der Waals surface area (Å²) in [6.45, 7) is 1.17. The molecule has 6 heteroatoms. The predicted octanol–water partition coefficient (Wildman–Crippen LogP) is 2.89. The first-order chi connectivity index (χ1) is 11.3. The lowest BCUT2D eigenvalue weighted by atomic mass is 10.1. The predicted molar refractivity (Wildman–Crippen MR) is 108 cm³/mol. The highest BCUT2D eigenvalue weighted by atomic mass is 127. The van der Waals surface area contributed by atoms with Crippen LogP contribution in [0, 0.1) is 0 Å². The number of guanidine groups is 1. The van der Waals surface area contributed by atoms with Crippen LogP contribution in [0.3, 0.4) is 0 Å². The molecule has 5 nitrogen and oxygen atoms in total. The number of nitrogens with two attached hydrogens (primary N) is 1. The third-order valence-corrected chi connectivity index (χ3v) is 3.57. The maximum absolute atomic E-state index is 5.92. The van der Waals surface area contributed by atoms with Gasteiger partial charge in [0.1, 0.15) is 0 Å². The molecule has 2 aromatic heterocycles. The van der Waals surface area contributed by atoms with Crippen molar-refractivity contribution in [1.82, 2.24) is 15.3 Å². The minimum atomic E-state index is 0. The van der Waals surface area contributed by atoms with Crippen LogP contribution in [0.1, 0.15) is 11.4 Å². The third kappa shape index (κ3) is 4.89. The molecule has 3 rings (SSSR count). The number of aromatic nitrogens is 2. The molecule has 2 heterocycles. The van der Waals surface area contributed by atoms with E-state index in [1.54, 1.807) is 12.4 Å². The number of fused-ring (bicyclic) bond motifs is 1. The Hall–Kier alpha value is -2.22. The smallest absolute Gasteiger partial charge is 0.188 e. The van der Waals surface area contributed by atoms with Gasteiger partial charge in [-0.15, -0.1) is 24.0 Å². The second kappa shape index (κ2) is 9.17. The number of benzene rings is 1. The van der Waals surface area contributed by atoms with Crippen LogP contribution in [0.4, 0.5) is 0 Å². The molecule has 0 amide bonds. The second-order valence-corrected chi connectivity index (χ2v) is 5.18. The van der Waals surface area contributed by atoms with E-state index in [1.807, 2.05) is 36.4 Å². The third-order valence-electron chi connectivity index (χ3n) is 3.57. The van der Waals surface area contributed by atoms with Gasteiger partial charge < -0.3 is 11.1 Å². The summed E-state index contributed by atoms with van der Waals surface area (Å²) in [4.78, 5) is 13.1. The highest BCUT2D eigenvalue weighted by Crippen LogP contribution is 2.16. The molecular weight excluding hydrogens is 413 g/mol. The fraction of sp³-hybridized carbons (Fsp3) is 0.167. The van der Waals surface area contributed by atoms with E-state index in [0.717, 1.165) is 28.6 Å². The zero-order valence-electron chi connectivity index (χ0n) is 13.2. The van der Waals surface area contributed by atoms with E-state index in [1.165, 1.54) is 0 Å². The molecule has 0 bridgehead atoms. The summed E-state index contributed by atoms with van der Waals surface area (Å²) in [6, 6.07) is 16.0. The normalized spacial score (nSPS) is 11.1. The Morgan fingerprint density at radius 1 is 1.00 bits per heavy atom. The molecule has 0 saturated heterocycles. The van der Waals surface area contributed by atoms with Gasteiger partial charge in [0.15, 0.2) is 5.96 Å². The van der Waals surface area contributed by atoms with Crippen molar-refractivity contribution < 1.29 is 0 Å². The number of halogens is 1. The average Bonchev–Trinajstić information content (AvgIpc) is 2.61. The van der Waals surface area contributed by atoms with Crippen LogP contribution in [0.15, 0.2) is 65.9 Å². The molecule has 124 valence electrons. The number of rotatable bonds is 5. The van der Waals surface area contributed by atoms with Gasteiger partial charge >= 0.3 is 0 Å². The quantitative estimate of drug-likeness (QED) is 0.369. The van der Waals surface area contributed by atoms with Gasteiger partial charge in [0.25, 0.3) is 0 Å². The van der Waals surface area contributed by atoms with Crippen molar-refractivity contribution in [3.63, 3.8) is 0 Å². The van der Waals surface area contributed by atoms with Gasteiger partial charge in [-0.25, -0.2) is 4.99 Å². The topological polar surface area (TPSA) is 76.2 Å². The lowest BCUT2D eigenvalue weighted by molar-refractivity contribution is 0.826. The second-order valence-electron chi connectivity index (χ2n) is 5.18. The minimum Gasteiger partial charge on any atom is -0.370 e. The van der Waals surface area contributed by atoms with Gasteiger partial charge in [0, 0.05) is 36.4 Å². The number of nitrogens with one attached hydrogen (secondary N) is 1. The molecule has 0 radical (unpaired) electrons. The van der Waals surface area contributed by atoms with Crippen molar-refractivity contribution in [2.75, 3.05) is 6.54 Å². The Morgan fingerprint density at radius 3 is 2.67 bits per heavy atom. The Balaban J connectivity index is 0.00000208. The largest absolute Gasteiger partial charge is 0.370 e. The van der Waals surface area contributed by atoms with Crippen LogP contribution in [-0.4, -0.2) is 22.5 Å². The summed E-state index contributed by atoms with van der Waals surface area (Å²) in [7, 11) is 0. The average molecular weight is 433 g/mol. The van der Waals surface area contributed by atoms with Crippen LogP contribution >= 0.6 is 24.0 Å². The Labute approximate surface area is 158 Å². The number of hydrogen-bond acceptors (Lipinski definition) is 3. The Kier molecular flexibility index (Phi) is 6.92. The van der Waals surface area contributed by atoms with Crippen LogP contribution in [0.2, 0.25) is 0 Å². The molecule has 0 atom stereocenters. The maximum Gasteiger partial charge on any atom is 0.188 e. The molecule has 3 aromatic rings. The first-order valence-electron chi connectivity index (χ1n) is 7.59. The number of aliphatic imine (C=N–C) groups is 1. The van der Waals surface area contributed by atoms with Gasteiger partial charge in [0.2, 0.25) is 0 Å². The van der Waals surface area contributed by atoms with E-state index in [2.05, 4.69) is 32.4 Å². The number of hydrogen-bond donors (Lipinski definition) is 2. The van der Waals surface area contributed by atoms with Crippen LogP contribution in [0.5, 0.6) is 0 Å². The molecule has 0 unspecified atom stereocenters. The van der Waals surface area contributed by atoms with Gasteiger partial charge in [-0.1, -0.05) is 30.3 Å². The molecular formula is C18H20IN5. The van der Waals surface area contributed by atoms with Crippen molar-refractivity contribution >= 4 is 40.7 Å². The van der Waals surface area contributed by atoms with Crippen molar-refractivity contribution in [2.24, 2.45) is 10.7 Å². The maximum atomic E-state index is 5.92.